The van der Waals surface area contributed by atoms with Crippen LogP contribution in [0.4, 0.5) is 10.1 Å². The lowest BCUT2D eigenvalue weighted by Crippen LogP contribution is -2.19. The normalized spacial score (nSPS) is 13.0. The number of carbonyl (C=O) groups excluding carboxylic acids is 1. The van der Waals surface area contributed by atoms with Gasteiger partial charge in [-0.25, -0.2) is 14.4 Å². The molecule has 0 saturated carbocycles. The molecule has 0 atom stereocenters. The zero-order valence-corrected chi connectivity index (χ0v) is 20.5. The molecule has 37 heavy (non-hydrogen) atoms. The first-order chi connectivity index (χ1) is 17.9. The van der Waals surface area contributed by atoms with Crippen LogP contribution in [-0.2, 0) is 11.4 Å². The maximum atomic E-state index is 14.3. The van der Waals surface area contributed by atoms with Crippen molar-refractivity contribution >= 4 is 17.3 Å². The Bertz CT molecular complexity index is 1400. The summed E-state index contributed by atoms with van der Waals surface area (Å²) in [6, 6.07) is 18.9. The van der Waals surface area contributed by atoms with Crippen molar-refractivity contribution < 1.29 is 27.8 Å². The first-order valence-corrected chi connectivity index (χ1v) is 11.5. The minimum absolute atomic E-state index is 0.0571. The van der Waals surface area contributed by atoms with Crippen LogP contribution >= 0.6 is 0 Å². The van der Waals surface area contributed by atoms with Gasteiger partial charge in [-0.2, -0.15) is 5.10 Å². The van der Waals surface area contributed by atoms with Crippen molar-refractivity contribution in [2.24, 2.45) is 5.10 Å². The van der Waals surface area contributed by atoms with Gasteiger partial charge < -0.3 is 18.6 Å². The number of benzene rings is 3. The van der Waals surface area contributed by atoms with Gasteiger partial charge in [-0.15, -0.1) is 0 Å². The summed E-state index contributed by atoms with van der Waals surface area (Å²) in [6.45, 7) is 1.69. The molecule has 8 nitrogen and oxygen atoms in total. The summed E-state index contributed by atoms with van der Waals surface area (Å²) < 4.78 is 36.8. The fourth-order valence-electron chi connectivity index (χ4n) is 3.96. The molecule has 1 aliphatic rings. The number of hydrogen-bond acceptors (Lipinski definition) is 7. The van der Waals surface area contributed by atoms with Gasteiger partial charge in [-0.05, 0) is 61.5 Å². The van der Waals surface area contributed by atoms with Crippen LogP contribution in [0.2, 0.25) is 0 Å². The maximum absolute atomic E-state index is 14.3. The molecular formula is C28H24FN3O5. The van der Waals surface area contributed by atoms with Gasteiger partial charge in [0.1, 0.15) is 28.8 Å². The number of oxazole rings is 1. The molecule has 5 rings (SSSR count). The van der Waals surface area contributed by atoms with E-state index in [0.717, 1.165) is 22.6 Å². The van der Waals surface area contributed by atoms with Crippen molar-refractivity contribution in [2.75, 3.05) is 19.2 Å². The summed E-state index contributed by atoms with van der Waals surface area (Å²) in [5, 5.41) is 5.36. The Morgan fingerprint density at radius 3 is 2.16 bits per heavy atom. The Morgan fingerprint density at radius 2 is 1.57 bits per heavy atom. The molecule has 4 aromatic rings. The molecular weight excluding hydrogens is 477 g/mol. The first-order valence-electron chi connectivity index (χ1n) is 11.5. The number of ether oxygens (including phenoxy) is 3. The number of hydrogen-bond donors (Lipinski definition) is 0. The van der Waals surface area contributed by atoms with E-state index in [1.165, 1.54) is 17.1 Å². The summed E-state index contributed by atoms with van der Waals surface area (Å²) in [5.74, 6) is 1.74. The van der Waals surface area contributed by atoms with Crippen LogP contribution in [0.25, 0.3) is 22.6 Å². The Balaban J connectivity index is 1.44. The monoisotopic (exact) mass is 501 g/mol. The molecule has 0 fully saturated rings. The Morgan fingerprint density at radius 1 is 0.919 bits per heavy atom. The van der Waals surface area contributed by atoms with E-state index in [0.29, 0.717) is 28.7 Å². The molecule has 2 heterocycles. The molecule has 0 aliphatic carbocycles. The second-order valence-electron chi connectivity index (χ2n) is 8.39. The molecule has 1 aromatic heterocycles. The quantitative estimate of drug-likeness (QED) is 0.301. The number of aromatic nitrogens is 1. The highest BCUT2D eigenvalue weighted by Crippen LogP contribution is 2.35. The van der Waals surface area contributed by atoms with Crippen LogP contribution in [0.1, 0.15) is 19.2 Å². The number of nitrogens with zero attached hydrogens (tertiary/aromatic N) is 3. The van der Waals surface area contributed by atoms with Gasteiger partial charge in [0.05, 0.1) is 26.3 Å². The lowest BCUT2D eigenvalue weighted by molar-refractivity contribution is -0.116. The Hall–Kier alpha value is -4.66. The predicted octanol–water partition coefficient (Wildman–Crippen LogP) is 5.86. The summed E-state index contributed by atoms with van der Waals surface area (Å²) in [7, 11) is 3.21. The second kappa shape index (κ2) is 10.1. The largest absolute Gasteiger partial charge is 0.497 e. The van der Waals surface area contributed by atoms with E-state index in [1.54, 1.807) is 27.2 Å². The van der Waals surface area contributed by atoms with E-state index < -0.39 is 5.82 Å². The topological polar surface area (TPSA) is 86.4 Å². The van der Waals surface area contributed by atoms with Crippen molar-refractivity contribution in [3.05, 3.63) is 78.4 Å². The summed E-state index contributed by atoms with van der Waals surface area (Å²) in [5.41, 5.74) is 3.21. The van der Waals surface area contributed by atoms with Gasteiger partial charge in [0, 0.05) is 29.0 Å². The standard InChI is InChI=1S/C28H24FN3O5/c1-17-12-26(33)32(31-17)21-13-20(29)14-24(15-21)36-16-25-30-27(18-4-8-22(34-2)9-5-18)28(37-25)19-6-10-23(35-3)11-7-19/h4-11,13-15H,12,16H2,1-3H3. The average Bonchev–Trinajstić information content (AvgIpc) is 3.49. The Kier molecular flexibility index (Phi) is 6.59. The number of halogens is 1. The van der Waals surface area contributed by atoms with Crippen LogP contribution < -0.4 is 19.2 Å². The van der Waals surface area contributed by atoms with E-state index in [1.807, 2.05) is 48.5 Å². The zero-order valence-electron chi connectivity index (χ0n) is 20.5. The highest BCUT2D eigenvalue weighted by Gasteiger charge is 2.24. The minimum atomic E-state index is -0.551. The maximum Gasteiger partial charge on any atom is 0.253 e. The summed E-state index contributed by atoms with van der Waals surface area (Å²) >= 11 is 0. The van der Waals surface area contributed by atoms with Crippen LogP contribution in [0.5, 0.6) is 17.2 Å². The molecule has 9 heteroatoms. The van der Waals surface area contributed by atoms with Gasteiger partial charge in [0.2, 0.25) is 5.89 Å². The fraction of sp³-hybridized carbons (Fsp3) is 0.179. The third kappa shape index (κ3) is 5.16. The molecule has 0 spiro atoms. The van der Waals surface area contributed by atoms with Gasteiger partial charge >= 0.3 is 0 Å². The third-order valence-corrected chi connectivity index (χ3v) is 5.76. The van der Waals surface area contributed by atoms with E-state index >= 15 is 0 Å². The van der Waals surface area contributed by atoms with Gasteiger partial charge in [0.15, 0.2) is 12.4 Å². The van der Waals surface area contributed by atoms with Crippen molar-refractivity contribution in [2.45, 2.75) is 20.0 Å². The highest BCUT2D eigenvalue weighted by atomic mass is 19.1. The number of anilines is 1. The van der Waals surface area contributed by atoms with Crippen LogP contribution in [0, 0.1) is 5.82 Å². The minimum Gasteiger partial charge on any atom is -0.497 e. The lowest BCUT2D eigenvalue weighted by Gasteiger charge is -2.13. The SMILES string of the molecule is COc1ccc(-c2nc(COc3cc(F)cc(N4N=C(C)CC4=O)c3)oc2-c2ccc(OC)cc2)cc1. The van der Waals surface area contributed by atoms with Crippen molar-refractivity contribution in [3.8, 4) is 39.8 Å². The van der Waals surface area contributed by atoms with Gasteiger partial charge in [-0.3, -0.25) is 4.79 Å². The second-order valence-corrected chi connectivity index (χ2v) is 8.39. The lowest BCUT2D eigenvalue weighted by atomic mass is 10.1. The fourth-order valence-corrected chi connectivity index (χ4v) is 3.96. The number of rotatable bonds is 8. The number of hydrazone groups is 1. The molecule has 188 valence electrons. The molecule has 3 aromatic carbocycles. The molecule has 0 radical (unpaired) electrons. The molecule has 0 unspecified atom stereocenters. The van der Waals surface area contributed by atoms with E-state index in [4.69, 9.17) is 18.6 Å². The molecule has 0 bridgehead atoms. The van der Waals surface area contributed by atoms with Crippen molar-refractivity contribution in [1.29, 1.82) is 0 Å². The Labute approximate surface area is 212 Å². The third-order valence-electron chi connectivity index (χ3n) is 5.76. The van der Waals surface area contributed by atoms with Crippen LogP contribution in [0.15, 0.2) is 76.2 Å². The summed E-state index contributed by atoms with van der Waals surface area (Å²) in [4.78, 5) is 16.9. The predicted molar refractivity (Wildman–Crippen MR) is 136 cm³/mol. The number of methoxy groups -OCH3 is 2. The van der Waals surface area contributed by atoms with E-state index in [2.05, 4.69) is 10.1 Å². The zero-order chi connectivity index (χ0) is 25.9. The average molecular weight is 502 g/mol. The smallest absolute Gasteiger partial charge is 0.253 e. The number of amides is 1. The molecule has 1 aliphatic heterocycles. The van der Waals surface area contributed by atoms with Crippen molar-refractivity contribution in [3.63, 3.8) is 0 Å². The van der Waals surface area contributed by atoms with Gasteiger partial charge in [-0.1, -0.05) is 0 Å². The van der Waals surface area contributed by atoms with Crippen molar-refractivity contribution in [1.82, 2.24) is 4.98 Å². The molecule has 0 saturated heterocycles. The highest BCUT2D eigenvalue weighted by molar-refractivity contribution is 6.12. The summed E-state index contributed by atoms with van der Waals surface area (Å²) in [6.07, 6.45) is 0.200. The molecule has 0 N–H and O–H groups in total. The van der Waals surface area contributed by atoms with Crippen LogP contribution in [-0.4, -0.2) is 30.8 Å². The van der Waals surface area contributed by atoms with Gasteiger partial charge in [0.25, 0.3) is 5.91 Å². The van der Waals surface area contributed by atoms with E-state index in [-0.39, 0.29) is 24.7 Å². The van der Waals surface area contributed by atoms with E-state index in [9.17, 15) is 9.18 Å². The first kappa shape index (κ1) is 24.1. The molecule has 1 amide bonds. The number of carbonyl (C=O) groups is 1. The van der Waals surface area contributed by atoms with Crippen LogP contribution in [0.3, 0.4) is 0 Å².